The van der Waals surface area contributed by atoms with Crippen LogP contribution in [0, 0.1) is 0 Å². The predicted octanol–water partition coefficient (Wildman–Crippen LogP) is 1.48. The number of carbonyl (C=O) groups excluding carboxylic acids is 1. The van der Waals surface area contributed by atoms with Crippen LogP contribution in [0.3, 0.4) is 0 Å². The molecule has 0 bridgehead atoms. The van der Waals surface area contributed by atoms with E-state index in [4.69, 9.17) is 5.11 Å². The predicted molar refractivity (Wildman–Crippen MR) is 57.9 cm³/mol. The zero-order valence-corrected chi connectivity index (χ0v) is 9.74. The largest absolute Gasteiger partial charge is 0.506 e. The van der Waals surface area contributed by atoms with E-state index in [1.165, 1.54) is 7.11 Å². The minimum atomic E-state index is -0.527. The normalized spacial score (nSPS) is 10.1. The maximum Gasteiger partial charge on any atom is 0.338 e. The third kappa shape index (κ3) is 2.49. The quantitative estimate of drug-likeness (QED) is 0.820. The summed E-state index contributed by atoms with van der Waals surface area (Å²) in [6.45, 7) is -0.145. The van der Waals surface area contributed by atoms with Crippen LogP contribution >= 0.6 is 15.9 Å². The molecule has 0 atom stereocenters. The first-order valence-corrected chi connectivity index (χ1v) is 5.10. The van der Waals surface area contributed by atoms with Gasteiger partial charge in [-0.15, -0.1) is 0 Å². The fourth-order valence-electron chi connectivity index (χ4n) is 1.27. The fourth-order valence-corrected chi connectivity index (χ4v) is 1.65. The number of benzene rings is 1. The molecule has 0 saturated heterocycles. The van der Waals surface area contributed by atoms with Crippen LogP contribution in [0.5, 0.6) is 5.75 Å². The van der Waals surface area contributed by atoms with Crippen molar-refractivity contribution in [3.8, 4) is 5.75 Å². The highest BCUT2D eigenvalue weighted by molar-refractivity contribution is 9.10. The molecule has 0 fully saturated rings. The van der Waals surface area contributed by atoms with E-state index in [2.05, 4.69) is 20.7 Å². The number of phenols is 1. The van der Waals surface area contributed by atoms with E-state index in [1.54, 1.807) is 12.1 Å². The Bertz CT molecular complexity index is 376. The second-order valence-electron chi connectivity index (χ2n) is 2.89. The molecule has 1 aromatic carbocycles. The highest BCUT2D eigenvalue weighted by Gasteiger charge is 2.16. The molecule has 0 aromatic heterocycles. The number of methoxy groups -OCH3 is 1. The van der Waals surface area contributed by atoms with Gasteiger partial charge in [-0.1, -0.05) is 0 Å². The Morgan fingerprint density at radius 1 is 1.53 bits per heavy atom. The average Bonchev–Trinajstić information content (AvgIpc) is 2.24. The summed E-state index contributed by atoms with van der Waals surface area (Å²) in [5.41, 5.74) is 0.658. The number of aliphatic hydroxyl groups excluding tert-OH is 1. The summed E-state index contributed by atoms with van der Waals surface area (Å²) >= 11 is 3.14. The summed E-state index contributed by atoms with van der Waals surface area (Å²) < 4.78 is 5.06. The number of carbonyl (C=O) groups is 1. The minimum absolute atomic E-state index is 0.0352. The Hall–Kier alpha value is -1.07. The molecule has 0 amide bonds. The molecule has 0 aliphatic heterocycles. The van der Waals surface area contributed by atoms with E-state index >= 15 is 0 Å². The van der Waals surface area contributed by atoms with Crippen LogP contribution in [0.25, 0.3) is 0 Å². The highest BCUT2D eigenvalue weighted by atomic mass is 79.9. The topological polar surface area (TPSA) is 66.8 Å². The number of aliphatic hydroxyl groups is 1. The first kappa shape index (κ1) is 12.0. The van der Waals surface area contributed by atoms with Gasteiger partial charge in [0.25, 0.3) is 0 Å². The molecule has 5 heteroatoms. The number of ether oxygens (including phenoxy) is 1. The van der Waals surface area contributed by atoms with Crippen molar-refractivity contribution < 1.29 is 19.7 Å². The summed E-state index contributed by atoms with van der Waals surface area (Å²) in [5.74, 6) is -0.562. The molecule has 15 heavy (non-hydrogen) atoms. The lowest BCUT2D eigenvalue weighted by Crippen LogP contribution is -2.07. The maximum atomic E-state index is 11.3. The Morgan fingerprint density at radius 2 is 2.20 bits per heavy atom. The number of halogens is 1. The highest BCUT2D eigenvalue weighted by Crippen LogP contribution is 2.31. The van der Waals surface area contributed by atoms with Crippen molar-refractivity contribution in [2.75, 3.05) is 13.7 Å². The molecule has 2 N–H and O–H groups in total. The van der Waals surface area contributed by atoms with E-state index in [9.17, 15) is 9.90 Å². The molecule has 0 unspecified atom stereocenters. The Kier molecular flexibility index (Phi) is 4.11. The Morgan fingerprint density at radius 3 is 2.73 bits per heavy atom. The van der Waals surface area contributed by atoms with Gasteiger partial charge in [-0.25, -0.2) is 4.79 Å². The third-order valence-electron chi connectivity index (χ3n) is 2.00. The Balaban J connectivity index is 3.26. The van der Waals surface area contributed by atoms with Crippen molar-refractivity contribution in [1.29, 1.82) is 0 Å². The molecule has 0 saturated carbocycles. The summed E-state index contributed by atoms with van der Waals surface area (Å²) in [5, 5.41) is 18.5. The van der Waals surface area contributed by atoms with Crippen molar-refractivity contribution in [3.63, 3.8) is 0 Å². The van der Waals surface area contributed by atoms with Crippen LogP contribution in [0.4, 0.5) is 0 Å². The van der Waals surface area contributed by atoms with Crippen molar-refractivity contribution in [2.24, 2.45) is 0 Å². The van der Waals surface area contributed by atoms with Gasteiger partial charge in [0.05, 0.1) is 17.1 Å². The number of hydrogen-bond acceptors (Lipinski definition) is 4. The van der Waals surface area contributed by atoms with E-state index in [1.807, 2.05) is 0 Å². The first-order valence-electron chi connectivity index (χ1n) is 4.31. The van der Waals surface area contributed by atoms with Crippen LogP contribution in [0.1, 0.15) is 15.9 Å². The van der Waals surface area contributed by atoms with E-state index in [0.717, 1.165) is 0 Å². The van der Waals surface area contributed by atoms with E-state index in [0.29, 0.717) is 10.0 Å². The van der Waals surface area contributed by atoms with Crippen molar-refractivity contribution in [1.82, 2.24) is 0 Å². The second-order valence-corrected chi connectivity index (χ2v) is 3.74. The molecule has 0 aliphatic rings. The summed E-state index contributed by atoms with van der Waals surface area (Å²) in [6.07, 6.45) is 0.204. The van der Waals surface area contributed by atoms with Gasteiger partial charge in [-0.05, 0) is 28.1 Å². The standard InChI is InChI=1S/C10H11BrO4/c1-15-10(14)7-2-3-8(11)9(13)6(7)4-5-12/h2-3,12-13H,4-5H2,1H3. The number of hydrogen-bond donors (Lipinski definition) is 2. The lowest BCUT2D eigenvalue weighted by atomic mass is 10.0. The molecule has 82 valence electrons. The first-order chi connectivity index (χ1) is 7.11. The number of rotatable bonds is 3. The minimum Gasteiger partial charge on any atom is -0.506 e. The molecular formula is C10H11BrO4. The SMILES string of the molecule is COC(=O)c1ccc(Br)c(O)c1CCO. The number of phenolic OH excluding ortho intramolecular Hbond substituents is 1. The average molecular weight is 275 g/mol. The molecule has 0 spiro atoms. The van der Waals surface area contributed by atoms with Crippen molar-refractivity contribution >= 4 is 21.9 Å². The van der Waals surface area contributed by atoms with Gasteiger partial charge in [0.15, 0.2) is 0 Å². The molecular weight excluding hydrogens is 264 g/mol. The fraction of sp³-hybridized carbons (Fsp3) is 0.300. The number of aromatic hydroxyl groups is 1. The van der Waals surface area contributed by atoms with Gasteiger partial charge in [0, 0.05) is 18.6 Å². The van der Waals surface area contributed by atoms with Gasteiger partial charge in [-0.2, -0.15) is 0 Å². The lowest BCUT2D eigenvalue weighted by molar-refractivity contribution is 0.0598. The van der Waals surface area contributed by atoms with Crippen molar-refractivity contribution in [3.05, 3.63) is 27.7 Å². The van der Waals surface area contributed by atoms with Gasteiger partial charge in [0.2, 0.25) is 0 Å². The molecule has 1 aromatic rings. The van der Waals surface area contributed by atoms with E-state index in [-0.39, 0.29) is 24.3 Å². The van der Waals surface area contributed by atoms with Crippen LogP contribution in [-0.2, 0) is 11.2 Å². The smallest absolute Gasteiger partial charge is 0.338 e. The third-order valence-corrected chi connectivity index (χ3v) is 2.64. The second kappa shape index (κ2) is 5.14. The summed E-state index contributed by atoms with van der Waals surface area (Å²) in [7, 11) is 1.27. The molecule has 0 radical (unpaired) electrons. The van der Waals surface area contributed by atoms with Gasteiger partial charge >= 0.3 is 5.97 Å². The van der Waals surface area contributed by atoms with Crippen molar-refractivity contribution in [2.45, 2.75) is 6.42 Å². The zero-order chi connectivity index (χ0) is 11.4. The summed E-state index contributed by atoms with van der Waals surface area (Å²) in [6, 6.07) is 3.10. The van der Waals surface area contributed by atoms with Gasteiger partial charge in [-0.3, -0.25) is 0 Å². The number of esters is 1. The zero-order valence-electron chi connectivity index (χ0n) is 8.16. The molecule has 4 nitrogen and oxygen atoms in total. The Labute approximate surface area is 95.6 Å². The van der Waals surface area contributed by atoms with E-state index < -0.39 is 5.97 Å². The van der Waals surface area contributed by atoms with Gasteiger partial charge < -0.3 is 14.9 Å². The lowest BCUT2D eigenvalue weighted by Gasteiger charge is -2.10. The van der Waals surface area contributed by atoms with Gasteiger partial charge in [0.1, 0.15) is 5.75 Å². The van der Waals surface area contributed by atoms with Crippen LogP contribution in [-0.4, -0.2) is 29.9 Å². The van der Waals surface area contributed by atoms with Crippen LogP contribution < -0.4 is 0 Å². The monoisotopic (exact) mass is 274 g/mol. The van der Waals surface area contributed by atoms with Crippen LogP contribution in [0.15, 0.2) is 16.6 Å². The summed E-state index contributed by atoms with van der Waals surface area (Å²) in [4.78, 5) is 11.3. The van der Waals surface area contributed by atoms with Crippen LogP contribution in [0.2, 0.25) is 0 Å². The molecule has 0 heterocycles. The molecule has 1 rings (SSSR count). The maximum absolute atomic E-state index is 11.3. The molecule has 0 aliphatic carbocycles.